The van der Waals surface area contributed by atoms with Crippen molar-refractivity contribution in [3.63, 3.8) is 0 Å². The zero-order valence-corrected chi connectivity index (χ0v) is 44.1. The van der Waals surface area contributed by atoms with Gasteiger partial charge in [0.25, 0.3) is 0 Å². The van der Waals surface area contributed by atoms with E-state index in [0.717, 1.165) is 52.1 Å². The maximum absolute atomic E-state index is 6.83. The molecule has 1 spiro atoms. The molecular formula is C73H60N2O. The SMILES string of the molecule is C/C=C\C1=C(C)C2(c3ccccc3OC3=CC=CCC32)c2c1cccc2-c1cccc(N(c2cccc(N(c3ccccc3)c3ccc4c(c3)C(C)(C)c3ccccc3-4)c2)c2ccc3c(c2)C(C)(C)c2ccccc2-3)c1. The first-order valence-electron chi connectivity index (χ1n) is 27.1. The second-order valence-corrected chi connectivity index (χ2v) is 22.3. The minimum Gasteiger partial charge on any atom is -0.461 e. The third kappa shape index (κ3) is 6.61. The zero-order chi connectivity index (χ0) is 51.5. The zero-order valence-electron chi connectivity index (χ0n) is 44.1. The second kappa shape index (κ2) is 17.2. The van der Waals surface area contributed by atoms with E-state index in [-0.39, 0.29) is 16.7 Å². The van der Waals surface area contributed by atoms with E-state index in [0.29, 0.717) is 0 Å². The van der Waals surface area contributed by atoms with Crippen molar-refractivity contribution in [2.24, 2.45) is 5.92 Å². The van der Waals surface area contributed by atoms with Crippen LogP contribution in [0.3, 0.4) is 0 Å². The number of nitrogens with zero attached hydrogens (tertiary/aromatic N) is 2. The van der Waals surface area contributed by atoms with Gasteiger partial charge in [0.05, 0.1) is 5.41 Å². The Morgan fingerprint density at radius 3 is 1.62 bits per heavy atom. The Hall–Kier alpha value is -8.66. The Labute approximate surface area is 448 Å². The lowest BCUT2D eigenvalue weighted by Gasteiger charge is -2.47. The molecule has 5 aliphatic rings. The van der Waals surface area contributed by atoms with Crippen molar-refractivity contribution >= 4 is 39.7 Å². The standard InChI is InChI=1S/C73H60N2O/c1-7-22-55-47(2)73(64-35-15-17-37-68(64)76-69-38-18-16-36-65(69)73)70-56(31-21-32-61(55)70)48-23-19-26-50(43-48)75(54-40-42-60-58-30-12-14-34-63(58)72(5,6)67(60)46-54)52-28-20-27-51(44-52)74(49-24-9-8-10-25-49)53-39-41-59-57-29-11-13-33-62(57)71(3,4)66(59)45-53/h7-35,37-46,65H,36H2,1-6H3/b22-7-. The van der Waals surface area contributed by atoms with Crippen molar-refractivity contribution in [2.75, 3.05) is 9.80 Å². The monoisotopic (exact) mass is 980 g/mol. The van der Waals surface area contributed by atoms with Crippen molar-refractivity contribution in [1.82, 2.24) is 0 Å². The molecule has 9 aromatic rings. The van der Waals surface area contributed by atoms with Gasteiger partial charge >= 0.3 is 0 Å². The molecule has 4 aliphatic carbocycles. The predicted octanol–water partition coefficient (Wildman–Crippen LogP) is 19.4. The summed E-state index contributed by atoms with van der Waals surface area (Å²) in [6.45, 7) is 14.0. The molecule has 3 heteroatoms. The van der Waals surface area contributed by atoms with Gasteiger partial charge in [0.15, 0.2) is 0 Å². The average Bonchev–Trinajstić information content (AvgIpc) is 4.01. The van der Waals surface area contributed by atoms with Crippen molar-refractivity contribution < 1.29 is 4.74 Å². The van der Waals surface area contributed by atoms with Gasteiger partial charge in [-0.3, -0.25) is 0 Å². The van der Waals surface area contributed by atoms with Gasteiger partial charge in [0, 0.05) is 56.4 Å². The van der Waals surface area contributed by atoms with Gasteiger partial charge in [-0.1, -0.05) is 185 Å². The van der Waals surface area contributed by atoms with Crippen LogP contribution in [0.15, 0.2) is 248 Å². The summed E-state index contributed by atoms with van der Waals surface area (Å²) in [5.74, 6) is 2.06. The van der Waals surface area contributed by atoms with Crippen molar-refractivity contribution in [3.8, 4) is 39.1 Å². The van der Waals surface area contributed by atoms with Crippen LogP contribution in [-0.2, 0) is 16.2 Å². The maximum atomic E-state index is 6.83. The summed E-state index contributed by atoms with van der Waals surface area (Å²) in [6.07, 6.45) is 12.1. The highest BCUT2D eigenvalue weighted by atomic mass is 16.5. The summed E-state index contributed by atoms with van der Waals surface area (Å²) in [5.41, 5.74) is 25.4. The number of ether oxygens (including phenoxy) is 1. The molecule has 0 saturated carbocycles. The lowest BCUT2D eigenvalue weighted by Crippen LogP contribution is -2.42. The van der Waals surface area contributed by atoms with Gasteiger partial charge in [-0.25, -0.2) is 0 Å². The van der Waals surface area contributed by atoms with E-state index < -0.39 is 5.41 Å². The molecule has 0 radical (unpaired) electrons. The van der Waals surface area contributed by atoms with Crippen molar-refractivity contribution in [2.45, 2.75) is 64.2 Å². The van der Waals surface area contributed by atoms with Crippen LogP contribution in [0, 0.1) is 5.92 Å². The number of fused-ring (bicyclic) bond motifs is 12. The molecule has 0 N–H and O–H groups in total. The van der Waals surface area contributed by atoms with E-state index in [1.165, 1.54) is 83.5 Å². The van der Waals surface area contributed by atoms with Crippen LogP contribution in [0.25, 0.3) is 39.0 Å². The van der Waals surface area contributed by atoms with Gasteiger partial charge in [-0.15, -0.1) is 0 Å². The summed E-state index contributed by atoms with van der Waals surface area (Å²) in [6, 6.07) is 77.1. The molecule has 3 nitrogen and oxygen atoms in total. The molecule has 9 aromatic carbocycles. The highest BCUT2D eigenvalue weighted by Crippen LogP contribution is 2.64. The largest absolute Gasteiger partial charge is 0.461 e. The Balaban J connectivity index is 0.966. The molecule has 0 fully saturated rings. The summed E-state index contributed by atoms with van der Waals surface area (Å²) in [5, 5.41) is 0. The van der Waals surface area contributed by atoms with Crippen molar-refractivity contribution in [3.05, 3.63) is 287 Å². The van der Waals surface area contributed by atoms with E-state index in [9.17, 15) is 0 Å². The first-order chi connectivity index (χ1) is 37.1. The van der Waals surface area contributed by atoms with E-state index >= 15 is 0 Å². The minimum absolute atomic E-state index is 0.0935. The first kappa shape index (κ1) is 45.9. The number of para-hydroxylation sites is 2. The lowest BCUT2D eigenvalue weighted by atomic mass is 9.59. The molecule has 1 aliphatic heterocycles. The Morgan fingerprint density at radius 2 is 0.961 bits per heavy atom. The molecule has 0 saturated heterocycles. The topological polar surface area (TPSA) is 15.7 Å². The Kier molecular flexibility index (Phi) is 10.4. The highest BCUT2D eigenvalue weighted by Gasteiger charge is 2.56. The molecular weight excluding hydrogens is 921 g/mol. The number of anilines is 6. The fourth-order valence-corrected chi connectivity index (χ4v) is 14.2. The van der Waals surface area contributed by atoms with Crippen LogP contribution in [0.5, 0.6) is 5.75 Å². The van der Waals surface area contributed by atoms with Crippen LogP contribution >= 0.6 is 0 Å². The van der Waals surface area contributed by atoms with Gasteiger partial charge < -0.3 is 14.5 Å². The van der Waals surface area contributed by atoms with E-state index in [1.54, 1.807) is 0 Å². The smallest absolute Gasteiger partial charge is 0.131 e. The number of hydrogen-bond acceptors (Lipinski definition) is 3. The molecule has 76 heavy (non-hydrogen) atoms. The van der Waals surface area contributed by atoms with Crippen molar-refractivity contribution in [1.29, 1.82) is 0 Å². The molecule has 0 aromatic heterocycles. The highest BCUT2D eigenvalue weighted by molar-refractivity contribution is 5.95. The van der Waals surface area contributed by atoms with E-state index in [4.69, 9.17) is 4.74 Å². The maximum Gasteiger partial charge on any atom is 0.131 e. The normalized spacial score (nSPS) is 18.5. The third-order valence-electron chi connectivity index (χ3n) is 17.7. The lowest BCUT2D eigenvalue weighted by molar-refractivity contribution is 0.250. The van der Waals surface area contributed by atoms with Gasteiger partial charge in [0.2, 0.25) is 0 Å². The van der Waals surface area contributed by atoms with Crippen LogP contribution in [0.4, 0.5) is 34.1 Å². The average molecular weight is 981 g/mol. The Bertz CT molecular complexity index is 4000. The number of allylic oxidation sites excluding steroid dienone is 8. The van der Waals surface area contributed by atoms with Gasteiger partial charge in [-0.2, -0.15) is 0 Å². The van der Waals surface area contributed by atoms with Crippen LogP contribution in [0.2, 0.25) is 0 Å². The molecule has 1 heterocycles. The fraction of sp³-hybridized carbons (Fsp3) is 0.151. The van der Waals surface area contributed by atoms with Gasteiger partial charge in [0.1, 0.15) is 11.5 Å². The predicted molar refractivity (Wildman–Crippen MR) is 317 cm³/mol. The first-order valence-corrected chi connectivity index (χ1v) is 27.1. The summed E-state index contributed by atoms with van der Waals surface area (Å²) in [4.78, 5) is 4.92. The molecule has 14 rings (SSSR count). The summed E-state index contributed by atoms with van der Waals surface area (Å²) in [7, 11) is 0. The number of rotatable bonds is 8. The van der Waals surface area contributed by atoms with Crippen LogP contribution in [0.1, 0.15) is 86.9 Å². The summed E-state index contributed by atoms with van der Waals surface area (Å²) < 4.78 is 6.83. The summed E-state index contributed by atoms with van der Waals surface area (Å²) >= 11 is 0. The minimum atomic E-state index is -0.451. The Morgan fingerprint density at radius 1 is 0.461 bits per heavy atom. The number of benzene rings is 9. The van der Waals surface area contributed by atoms with E-state index in [1.807, 2.05) is 0 Å². The number of hydrogen-bond donors (Lipinski definition) is 0. The molecule has 368 valence electrons. The van der Waals surface area contributed by atoms with Crippen LogP contribution < -0.4 is 14.5 Å². The molecule has 0 bridgehead atoms. The molecule has 2 unspecified atom stereocenters. The third-order valence-corrected chi connectivity index (χ3v) is 17.7. The van der Waals surface area contributed by atoms with Crippen LogP contribution in [-0.4, -0.2) is 0 Å². The molecule has 2 atom stereocenters. The van der Waals surface area contributed by atoms with Gasteiger partial charge in [-0.05, 0) is 177 Å². The second-order valence-electron chi connectivity index (χ2n) is 22.3. The molecule has 0 amide bonds. The quantitative estimate of drug-likeness (QED) is 0.151. The fourth-order valence-electron chi connectivity index (χ4n) is 14.2. The van der Waals surface area contributed by atoms with E-state index in [2.05, 4.69) is 288 Å².